The molecule has 2 heterocycles. The zero-order valence-electron chi connectivity index (χ0n) is 15.0. The highest BCUT2D eigenvalue weighted by Gasteiger charge is 2.32. The van der Waals surface area contributed by atoms with Crippen LogP contribution in [-0.4, -0.2) is 55.5 Å². The van der Waals surface area contributed by atoms with Crippen molar-refractivity contribution < 1.29 is 22.7 Å². The van der Waals surface area contributed by atoms with E-state index < -0.39 is 11.7 Å². The van der Waals surface area contributed by atoms with Crippen molar-refractivity contribution in [1.82, 2.24) is 9.88 Å². The van der Waals surface area contributed by atoms with E-state index in [9.17, 15) is 18.0 Å². The average Bonchev–Trinajstić information content (AvgIpc) is 2.68. The lowest BCUT2D eigenvalue weighted by Gasteiger charge is -2.35. The number of benzene rings is 1. The number of anilines is 1. The molecular formula is C19H19ClF3N3O2. The molecule has 1 fully saturated rings. The maximum Gasteiger partial charge on any atom is 0.417 e. The van der Waals surface area contributed by atoms with Crippen LogP contribution >= 0.6 is 11.6 Å². The Hall–Kier alpha value is -2.32. The Kier molecular flexibility index (Phi) is 6.41. The van der Waals surface area contributed by atoms with Gasteiger partial charge in [0.2, 0.25) is 0 Å². The number of halogens is 4. The SMILES string of the molecule is O=Cc1ccc(OCCN2CCN(c3ncc(C(F)(F)F)cc3Cl)CC2)cc1. The van der Waals surface area contributed by atoms with Crippen LogP contribution in [0.4, 0.5) is 19.0 Å². The molecule has 28 heavy (non-hydrogen) atoms. The molecule has 0 atom stereocenters. The third-order valence-corrected chi connectivity index (χ3v) is 4.79. The van der Waals surface area contributed by atoms with Crippen LogP contribution in [0.5, 0.6) is 5.75 Å². The second-order valence-electron chi connectivity index (χ2n) is 6.39. The molecule has 0 saturated carbocycles. The summed E-state index contributed by atoms with van der Waals surface area (Å²) in [6.07, 6.45) is -2.86. The van der Waals surface area contributed by atoms with Crippen molar-refractivity contribution in [2.24, 2.45) is 0 Å². The maximum atomic E-state index is 12.7. The normalized spacial score (nSPS) is 15.5. The van der Waals surface area contributed by atoms with Gasteiger partial charge in [0.05, 0.1) is 10.6 Å². The van der Waals surface area contributed by atoms with Crippen LogP contribution in [0.15, 0.2) is 36.5 Å². The van der Waals surface area contributed by atoms with Crippen molar-refractivity contribution in [2.75, 3.05) is 44.2 Å². The third kappa shape index (κ3) is 5.14. The first-order valence-corrected chi connectivity index (χ1v) is 9.13. The third-order valence-electron chi connectivity index (χ3n) is 4.51. The van der Waals surface area contributed by atoms with E-state index in [4.69, 9.17) is 16.3 Å². The number of nitrogens with zero attached hydrogens (tertiary/aromatic N) is 3. The molecule has 0 radical (unpaired) electrons. The number of carbonyl (C=O) groups is 1. The molecule has 0 unspecified atom stereocenters. The van der Waals surface area contributed by atoms with Crippen molar-refractivity contribution in [3.8, 4) is 5.75 Å². The molecule has 1 saturated heterocycles. The molecule has 0 N–H and O–H groups in total. The Balaban J connectivity index is 1.47. The van der Waals surface area contributed by atoms with Gasteiger partial charge in [0.25, 0.3) is 0 Å². The Morgan fingerprint density at radius 2 is 1.82 bits per heavy atom. The summed E-state index contributed by atoms with van der Waals surface area (Å²) in [6.45, 7) is 3.91. The first-order chi connectivity index (χ1) is 13.4. The van der Waals surface area contributed by atoms with E-state index in [1.54, 1.807) is 24.3 Å². The monoisotopic (exact) mass is 413 g/mol. The van der Waals surface area contributed by atoms with Crippen molar-refractivity contribution in [3.05, 3.63) is 52.7 Å². The highest BCUT2D eigenvalue weighted by atomic mass is 35.5. The van der Waals surface area contributed by atoms with Gasteiger partial charge in [-0.2, -0.15) is 13.2 Å². The fourth-order valence-corrected chi connectivity index (χ4v) is 3.22. The zero-order valence-corrected chi connectivity index (χ0v) is 15.7. The molecule has 5 nitrogen and oxygen atoms in total. The zero-order chi connectivity index (χ0) is 20.1. The first kappa shape index (κ1) is 20.4. The van der Waals surface area contributed by atoms with Crippen molar-refractivity contribution in [1.29, 1.82) is 0 Å². The number of carbonyl (C=O) groups excluding carboxylic acids is 1. The minimum absolute atomic E-state index is 0.00498. The molecule has 1 aliphatic heterocycles. The van der Waals surface area contributed by atoms with E-state index in [2.05, 4.69) is 9.88 Å². The molecule has 9 heteroatoms. The molecule has 0 spiro atoms. The summed E-state index contributed by atoms with van der Waals surface area (Å²) < 4.78 is 43.8. The van der Waals surface area contributed by atoms with Crippen LogP contribution < -0.4 is 9.64 Å². The average molecular weight is 414 g/mol. The molecule has 1 aromatic heterocycles. The number of aromatic nitrogens is 1. The van der Waals surface area contributed by atoms with Crippen LogP contribution in [-0.2, 0) is 6.18 Å². The van der Waals surface area contributed by atoms with Crippen molar-refractivity contribution in [2.45, 2.75) is 6.18 Å². The summed E-state index contributed by atoms with van der Waals surface area (Å²) in [5.74, 6) is 1.07. The van der Waals surface area contributed by atoms with Crippen LogP contribution in [0.25, 0.3) is 0 Å². The van der Waals surface area contributed by atoms with Gasteiger partial charge in [-0.1, -0.05) is 11.6 Å². The number of rotatable bonds is 6. The molecule has 1 aliphatic rings. The molecule has 150 valence electrons. The van der Waals surface area contributed by atoms with E-state index in [1.807, 2.05) is 4.90 Å². The topological polar surface area (TPSA) is 45.7 Å². The van der Waals surface area contributed by atoms with Crippen LogP contribution in [0, 0.1) is 0 Å². The van der Waals surface area contributed by atoms with E-state index >= 15 is 0 Å². The number of hydrogen-bond donors (Lipinski definition) is 0. The van der Waals surface area contributed by atoms with Crippen LogP contribution in [0.1, 0.15) is 15.9 Å². The highest BCUT2D eigenvalue weighted by molar-refractivity contribution is 6.33. The lowest BCUT2D eigenvalue weighted by atomic mass is 10.2. The minimum Gasteiger partial charge on any atom is -0.492 e. The van der Waals surface area contributed by atoms with Gasteiger partial charge in [-0.15, -0.1) is 0 Å². The van der Waals surface area contributed by atoms with E-state index in [0.29, 0.717) is 36.8 Å². The summed E-state index contributed by atoms with van der Waals surface area (Å²) in [5.41, 5.74) is -0.253. The summed E-state index contributed by atoms with van der Waals surface area (Å²) >= 11 is 6.02. The Bertz CT molecular complexity index is 807. The minimum atomic E-state index is -4.46. The van der Waals surface area contributed by atoms with Crippen LogP contribution in [0.3, 0.4) is 0 Å². The summed E-state index contributed by atoms with van der Waals surface area (Å²) in [5, 5.41) is 0.00498. The van der Waals surface area contributed by atoms with E-state index in [1.165, 1.54) is 0 Å². The number of piperazine rings is 1. The first-order valence-electron chi connectivity index (χ1n) is 8.75. The van der Waals surface area contributed by atoms with Crippen LogP contribution in [0.2, 0.25) is 5.02 Å². The molecule has 0 amide bonds. The molecule has 2 aromatic rings. The summed E-state index contributed by atoms with van der Waals surface area (Å²) in [7, 11) is 0. The number of alkyl halides is 3. The number of pyridine rings is 1. The maximum absolute atomic E-state index is 12.7. The largest absolute Gasteiger partial charge is 0.492 e. The highest BCUT2D eigenvalue weighted by Crippen LogP contribution is 2.33. The van der Waals surface area contributed by atoms with Gasteiger partial charge in [-0.25, -0.2) is 4.98 Å². The molecule has 0 aliphatic carbocycles. The molecule has 1 aromatic carbocycles. The van der Waals surface area contributed by atoms with Gasteiger partial charge in [-0.3, -0.25) is 9.69 Å². The predicted molar refractivity (Wildman–Crippen MR) is 100 cm³/mol. The Morgan fingerprint density at radius 3 is 2.39 bits per heavy atom. The number of ether oxygens (including phenoxy) is 1. The van der Waals surface area contributed by atoms with Crippen molar-refractivity contribution >= 4 is 23.7 Å². The van der Waals surface area contributed by atoms with E-state index in [-0.39, 0.29) is 5.02 Å². The lowest BCUT2D eigenvalue weighted by Crippen LogP contribution is -2.47. The van der Waals surface area contributed by atoms with E-state index in [0.717, 1.165) is 38.2 Å². The van der Waals surface area contributed by atoms with Gasteiger partial charge in [-0.05, 0) is 30.3 Å². The fraction of sp³-hybridized carbons (Fsp3) is 0.368. The second kappa shape index (κ2) is 8.79. The second-order valence-corrected chi connectivity index (χ2v) is 6.80. The Morgan fingerprint density at radius 1 is 1.14 bits per heavy atom. The summed E-state index contributed by atoms with van der Waals surface area (Å²) in [6, 6.07) is 7.81. The smallest absolute Gasteiger partial charge is 0.417 e. The molecular weight excluding hydrogens is 395 g/mol. The van der Waals surface area contributed by atoms with Gasteiger partial charge in [0.1, 0.15) is 24.5 Å². The van der Waals surface area contributed by atoms with Gasteiger partial charge in [0, 0.05) is 44.5 Å². The van der Waals surface area contributed by atoms with Gasteiger partial charge in [0.15, 0.2) is 0 Å². The number of aldehydes is 1. The van der Waals surface area contributed by atoms with Gasteiger partial charge >= 0.3 is 6.18 Å². The van der Waals surface area contributed by atoms with Crippen molar-refractivity contribution in [3.63, 3.8) is 0 Å². The predicted octanol–water partition coefficient (Wildman–Crippen LogP) is 3.77. The fourth-order valence-electron chi connectivity index (χ4n) is 2.94. The summed E-state index contributed by atoms with van der Waals surface area (Å²) in [4.78, 5) is 18.6. The Labute approximate surface area is 165 Å². The molecule has 3 rings (SSSR count). The molecule has 0 bridgehead atoms. The standard InChI is InChI=1S/C19H19ClF3N3O2/c20-17-11-15(19(21,22)23)12-24-18(17)26-7-5-25(6-8-26)9-10-28-16-3-1-14(13-27)2-4-16/h1-4,11-13H,5-10H2. The van der Waals surface area contributed by atoms with Gasteiger partial charge < -0.3 is 9.64 Å². The number of hydrogen-bond acceptors (Lipinski definition) is 5. The lowest BCUT2D eigenvalue weighted by molar-refractivity contribution is -0.137. The quantitative estimate of drug-likeness (QED) is 0.675.